The van der Waals surface area contributed by atoms with Crippen molar-refractivity contribution in [3.63, 3.8) is 0 Å². The van der Waals surface area contributed by atoms with Crippen molar-refractivity contribution < 1.29 is 36.6 Å². The van der Waals surface area contributed by atoms with Crippen molar-refractivity contribution in [3.8, 4) is 22.5 Å². The molecule has 0 radical (unpaired) electrons. The Hall–Kier alpha value is -3.76. The summed E-state index contributed by atoms with van der Waals surface area (Å²) >= 11 is 0. The van der Waals surface area contributed by atoms with Crippen LogP contribution in [0.5, 0.6) is 0 Å². The third-order valence-corrected chi connectivity index (χ3v) is 4.30. The molecule has 3 N–H and O–H groups in total. The summed E-state index contributed by atoms with van der Waals surface area (Å²) < 4.78 is 59.7. The van der Waals surface area contributed by atoms with E-state index in [-0.39, 0.29) is 17.2 Å². The first-order valence-corrected chi connectivity index (χ1v) is 8.79. The number of hydrogen-bond donors (Lipinski definition) is 3. The maximum atomic E-state index is 14.0. The predicted octanol–water partition coefficient (Wildman–Crippen LogP) is 3.94. The second-order valence-electron chi connectivity index (χ2n) is 6.43. The molecule has 0 bridgehead atoms. The minimum atomic E-state index is -5.08. The molecular weight excluding hydrogens is 425 g/mol. The second-order valence-corrected chi connectivity index (χ2v) is 6.43. The Balaban J connectivity index is 0.000000339. The van der Waals surface area contributed by atoms with E-state index < -0.39 is 23.9 Å². The van der Waals surface area contributed by atoms with Gasteiger partial charge in [-0.15, -0.1) is 0 Å². The summed E-state index contributed by atoms with van der Waals surface area (Å²) in [5.41, 5.74) is 2.94. The first-order chi connectivity index (χ1) is 14.6. The second kappa shape index (κ2) is 8.54. The van der Waals surface area contributed by atoms with Crippen molar-refractivity contribution in [2.75, 3.05) is 6.54 Å². The Morgan fingerprint density at radius 2 is 1.74 bits per heavy atom. The topological polar surface area (TPSA) is 95.1 Å². The van der Waals surface area contributed by atoms with Crippen molar-refractivity contribution in [1.29, 1.82) is 0 Å². The number of rotatable bonds is 2. The van der Waals surface area contributed by atoms with E-state index in [1.54, 1.807) is 30.3 Å². The Labute approximate surface area is 171 Å². The zero-order valence-corrected chi connectivity index (χ0v) is 15.6. The number of nitrogens with one attached hydrogen (secondary N) is 2. The maximum absolute atomic E-state index is 14.0. The lowest BCUT2D eigenvalue weighted by Crippen LogP contribution is -2.31. The van der Waals surface area contributed by atoms with Crippen molar-refractivity contribution in [2.45, 2.75) is 12.6 Å². The monoisotopic (exact) mass is 439 g/mol. The number of fused-ring (bicyclic) bond motifs is 1. The number of aliphatic carboxylic acids is 1. The number of halogens is 5. The molecule has 0 fully saturated rings. The van der Waals surface area contributed by atoms with E-state index >= 15 is 0 Å². The van der Waals surface area contributed by atoms with Crippen LogP contribution in [-0.4, -0.2) is 39.7 Å². The lowest BCUT2D eigenvalue weighted by atomic mass is 10.1. The van der Waals surface area contributed by atoms with Crippen molar-refractivity contribution in [1.82, 2.24) is 15.3 Å². The number of alkyl halides is 3. The van der Waals surface area contributed by atoms with Crippen LogP contribution in [0.3, 0.4) is 0 Å². The fourth-order valence-corrected chi connectivity index (χ4v) is 2.91. The molecule has 31 heavy (non-hydrogen) atoms. The zero-order chi connectivity index (χ0) is 22.8. The van der Waals surface area contributed by atoms with Crippen LogP contribution >= 0.6 is 0 Å². The number of aromatic amines is 1. The van der Waals surface area contributed by atoms with Gasteiger partial charge >= 0.3 is 12.1 Å². The molecular formula is C20H14F5N3O3. The molecule has 162 valence electrons. The van der Waals surface area contributed by atoms with Crippen LogP contribution in [0.25, 0.3) is 22.5 Å². The molecule has 1 aliphatic heterocycles. The Morgan fingerprint density at radius 3 is 2.35 bits per heavy atom. The first kappa shape index (κ1) is 21.9. The molecule has 0 saturated heterocycles. The number of H-pyrrole nitrogens is 1. The van der Waals surface area contributed by atoms with Crippen molar-refractivity contribution in [2.24, 2.45) is 0 Å². The van der Waals surface area contributed by atoms with Gasteiger partial charge in [0.05, 0.1) is 11.3 Å². The number of hydrogen-bond acceptors (Lipinski definition) is 3. The van der Waals surface area contributed by atoms with Crippen LogP contribution in [0.2, 0.25) is 0 Å². The number of benzene rings is 1. The molecule has 2 aromatic heterocycles. The molecule has 0 unspecified atom stereocenters. The molecule has 0 aliphatic carbocycles. The lowest BCUT2D eigenvalue weighted by molar-refractivity contribution is -0.192. The molecule has 3 heterocycles. The van der Waals surface area contributed by atoms with Gasteiger partial charge in [0.15, 0.2) is 0 Å². The molecule has 6 nitrogen and oxygen atoms in total. The Kier molecular flexibility index (Phi) is 6.04. The highest BCUT2D eigenvalue weighted by atomic mass is 19.4. The molecule has 11 heteroatoms. The average molecular weight is 439 g/mol. The number of aromatic nitrogens is 2. The van der Waals surface area contributed by atoms with E-state index in [1.807, 2.05) is 0 Å². The zero-order valence-electron chi connectivity index (χ0n) is 15.6. The highest BCUT2D eigenvalue weighted by molar-refractivity contribution is 5.97. The van der Waals surface area contributed by atoms with E-state index in [0.717, 1.165) is 5.69 Å². The largest absolute Gasteiger partial charge is 0.490 e. The van der Waals surface area contributed by atoms with Gasteiger partial charge in [0.1, 0.15) is 5.82 Å². The van der Waals surface area contributed by atoms with E-state index in [9.17, 15) is 26.7 Å². The average Bonchev–Trinajstić information content (AvgIpc) is 3.13. The third-order valence-electron chi connectivity index (χ3n) is 4.30. The smallest absolute Gasteiger partial charge is 0.475 e. The summed E-state index contributed by atoms with van der Waals surface area (Å²) in [5, 5.41) is 9.89. The van der Waals surface area contributed by atoms with Crippen LogP contribution < -0.4 is 5.32 Å². The Bertz CT molecular complexity index is 1140. The van der Waals surface area contributed by atoms with Crippen LogP contribution in [-0.2, 0) is 11.2 Å². The van der Waals surface area contributed by atoms with Crippen molar-refractivity contribution in [3.05, 3.63) is 65.5 Å². The van der Waals surface area contributed by atoms with E-state index in [0.29, 0.717) is 29.8 Å². The van der Waals surface area contributed by atoms with Gasteiger partial charge in [0, 0.05) is 41.5 Å². The van der Waals surface area contributed by atoms with Gasteiger partial charge in [-0.2, -0.15) is 17.6 Å². The van der Waals surface area contributed by atoms with Crippen LogP contribution in [0.15, 0.2) is 42.5 Å². The molecule has 4 rings (SSSR count). The Morgan fingerprint density at radius 1 is 1.06 bits per heavy atom. The molecule has 0 atom stereocenters. The lowest BCUT2D eigenvalue weighted by Gasteiger charge is -2.11. The summed E-state index contributed by atoms with van der Waals surface area (Å²) in [7, 11) is 0. The summed E-state index contributed by atoms with van der Waals surface area (Å²) in [6, 6.07) is 10.6. The van der Waals surface area contributed by atoms with E-state index in [1.165, 1.54) is 12.1 Å². The summed E-state index contributed by atoms with van der Waals surface area (Å²) in [6.07, 6.45) is -4.39. The summed E-state index contributed by atoms with van der Waals surface area (Å²) in [5.74, 6) is -4.08. The quantitative estimate of drug-likeness (QED) is 0.417. The standard InChI is InChI=1S/C18H13F2N3O.C2HF3O2/c19-13-4-2-1-3-11(13)16-7-10(8-17(20)23-16)15-9-12-14(22-15)5-6-21-18(12)24;3-2(4,5)1(6)7/h1-4,7-9,22H,5-6H2,(H,21,24);(H,6,7). The number of nitrogens with zero attached hydrogens (tertiary/aromatic N) is 1. The third kappa shape index (κ3) is 5.05. The number of amides is 1. The molecule has 1 aromatic carbocycles. The van der Waals surface area contributed by atoms with Gasteiger partial charge in [0.2, 0.25) is 5.95 Å². The van der Waals surface area contributed by atoms with Gasteiger partial charge < -0.3 is 15.4 Å². The highest BCUT2D eigenvalue weighted by Gasteiger charge is 2.38. The SMILES string of the molecule is O=C(O)C(F)(F)F.O=C1NCCc2[nH]c(-c3cc(F)nc(-c4ccccc4F)c3)cc21. The molecule has 3 aromatic rings. The van der Waals surface area contributed by atoms with Gasteiger partial charge in [-0.1, -0.05) is 12.1 Å². The number of carbonyl (C=O) groups excluding carboxylic acids is 1. The fourth-order valence-electron chi connectivity index (χ4n) is 2.91. The summed E-state index contributed by atoms with van der Waals surface area (Å²) in [4.78, 5) is 27.7. The summed E-state index contributed by atoms with van der Waals surface area (Å²) in [6.45, 7) is 0.566. The fraction of sp³-hybridized carbons (Fsp3) is 0.150. The normalized spacial score (nSPS) is 13.0. The number of carboxylic acids is 1. The first-order valence-electron chi connectivity index (χ1n) is 8.79. The van der Waals surface area contributed by atoms with Gasteiger partial charge in [-0.3, -0.25) is 4.79 Å². The van der Waals surface area contributed by atoms with Gasteiger partial charge in [-0.05, 0) is 24.3 Å². The predicted molar refractivity (Wildman–Crippen MR) is 99.1 cm³/mol. The van der Waals surface area contributed by atoms with Gasteiger partial charge in [0.25, 0.3) is 5.91 Å². The van der Waals surface area contributed by atoms with Crippen LogP contribution in [0.4, 0.5) is 22.0 Å². The number of carbonyl (C=O) groups is 2. The van der Waals surface area contributed by atoms with E-state index in [4.69, 9.17) is 9.90 Å². The molecule has 1 aliphatic rings. The van der Waals surface area contributed by atoms with Gasteiger partial charge in [-0.25, -0.2) is 14.2 Å². The maximum Gasteiger partial charge on any atom is 0.490 e. The number of pyridine rings is 1. The minimum absolute atomic E-state index is 0.150. The molecule has 0 spiro atoms. The molecule has 1 amide bonds. The highest BCUT2D eigenvalue weighted by Crippen LogP contribution is 2.29. The minimum Gasteiger partial charge on any atom is -0.475 e. The van der Waals surface area contributed by atoms with E-state index in [2.05, 4.69) is 15.3 Å². The molecule has 0 saturated carbocycles. The number of carboxylic acid groups (broad SMARTS) is 1. The van der Waals surface area contributed by atoms with Crippen molar-refractivity contribution >= 4 is 11.9 Å². The van der Waals surface area contributed by atoms with Crippen LogP contribution in [0.1, 0.15) is 16.1 Å². The van der Waals surface area contributed by atoms with Crippen LogP contribution in [0, 0.1) is 11.8 Å².